The van der Waals surface area contributed by atoms with Crippen molar-refractivity contribution in [3.05, 3.63) is 75.5 Å². The molecule has 0 atom stereocenters. The number of Topliss-reactive ketones (excluding diaryl/α,β-unsaturated/α-hetero) is 1. The van der Waals surface area contributed by atoms with Gasteiger partial charge in [0.15, 0.2) is 5.78 Å². The van der Waals surface area contributed by atoms with E-state index in [1.54, 1.807) is 16.7 Å². The molecule has 0 spiro atoms. The van der Waals surface area contributed by atoms with Crippen molar-refractivity contribution in [2.45, 2.75) is 45.1 Å². The molecular weight excluding hydrogens is 418 g/mol. The van der Waals surface area contributed by atoms with Crippen LogP contribution in [0.2, 0.25) is 0 Å². The molecule has 0 saturated carbocycles. The highest BCUT2D eigenvalue weighted by Gasteiger charge is 2.24. The number of nitro benzene ring substituents is 1. The quantitative estimate of drug-likeness (QED) is 0.290. The molecule has 2 aromatic carbocycles. The summed E-state index contributed by atoms with van der Waals surface area (Å²) in [4.78, 5) is 38.2. The number of hydrogen-bond donors (Lipinski definition) is 0. The van der Waals surface area contributed by atoms with Crippen LogP contribution in [0.3, 0.4) is 0 Å². The van der Waals surface area contributed by atoms with Gasteiger partial charge in [0.25, 0.3) is 5.69 Å². The predicted molar refractivity (Wildman–Crippen MR) is 126 cm³/mol. The Kier molecular flexibility index (Phi) is 5.81. The van der Waals surface area contributed by atoms with E-state index in [0.29, 0.717) is 31.7 Å². The molecule has 2 aliphatic heterocycles. The van der Waals surface area contributed by atoms with Gasteiger partial charge in [0.1, 0.15) is 0 Å². The van der Waals surface area contributed by atoms with Gasteiger partial charge in [0.2, 0.25) is 5.91 Å². The van der Waals surface area contributed by atoms with E-state index in [-0.39, 0.29) is 22.3 Å². The minimum absolute atomic E-state index is 0.116. The summed E-state index contributed by atoms with van der Waals surface area (Å²) < 4.78 is 1.71. The fourth-order valence-corrected chi connectivity index (χ4v) is 5.27. The van der Waals surface area contributed by atoms with Gasteiger partial charge in [-0.2, -0.15) is 0 Å². The maximum Gasteiger partial charge on any atom is 0.273 e. The summed E-state index contributed by atoms with van der Waals surface area (Å²) in [5, 5.41) is 12.2. The summed E-state index contributed by atoms with van der Waals surface area (Å²) in [5.74, 6) is 0.779. The number of nitro groups is 1. The third-order valence-electron chi connectivity index (χ3n) is 7.13. The molecule has 33 heavy (non-hydrogen) atoms. The lowest BCUT2D eigenvalue weighted by molar-refractivity contribution is -0.385. The summed E-state index contributed by atoms with van der Waals surface area (Å²) in [6, 6.07) is 12.8. The molecule has 3 heterocycles. The van der Waals surface area contributed by atoms with E-state index in [1.807, 2.05) is 36.5 Å². The lowest BCUT2D eigenvalue weighted by Gasteiger charge is -2.31. The molecule has 0 unspecified atom stereocenters. The molecule has 2 aliphatic rings. The molecule has 3 aromatic rings. The van der Waals surface area contributed by atoms with Gasteiger partial charge in [-0.05, 0) is 68.5 Å². The molecule has 0 radical (unpaired) electrons. The molecule has 7 nitrogen and oxygen atoms in total. The van der Waals surface area contributed by atoms with Gasteiger partial charge in [-0.15, -0.1) is 0 Å². The fourth-order valence-electron chi connectivity index (χ4n) is 5.27. The average Bonchev–Trinajstić information content (AvgIpc) is 3.26. The van der Waals surface area contributed by atoms with Crippen molar-refractivity contribution in [3.8, 4) is 0 Å². The fraction of sp³-hybridized carbons (Fsp3) is 0.385. The Hall–Kier alpha value is -3.32. The number of nitrogens with zero attached hydrogens (tertiary/aromatic N) is 3. The van der Waals surface area contributed by atoms with E-state index in [2.05, 4.69) is 4.90 Å². The van der Waals surface area contributed by atoms with Crippen LogP contribution < -0.4 is 0 Å². The third kappa shape index (κ3) is 4.33. The Labute approximate surface area is 192 Å². The van der Waals surface area contributed by atoms with Crippen molar-refractivity contribution in [3.63, 3.8) is 0 Å². The first-order chi connectivity index (χ1) is 16.0. The monoisotopic (exact) mass is 445 g/mol. The van der Waals surface area contributed by atoms with E-state index in [0.717, 1.165) is 59.9 Å². The van der Waals surface area contributed by atoms with Crippen molar-refractivity contribution in [2.75, 3.05) is 13.1 Å². The Morgan fingerprint density at radius 1 is 1.09 bits per heavy atom. The molecule has 1 saturated heterocycles. The first-order valence-corrected chi connectivity index (χ1v) is 11.6. The number of hydrogen-bond acceptors (Lipinski definition) is 5. The molecule has 0 N–H and O–H groups in total. The number of rotatable bonds is 7. The third-order valence-corrected chi connectivity index (χ3v) is 7.13. The Bertz CT molecular complexity index is 1240. The summed E-state index contributed by atoms with van der Waals surface area (Å²) in [6.07, 6.45) is 6.39. The predicted octanol–water partition coefficient (Wildman–Crippen LogP) is 5.01. The van der Waals surface area contributed by atoms with Crippen LogP contribution in [0.25, 0.3) is 10.9 Å². The molecule has 5 rings (SSSR count). The molecule has 0 aliphatic carbocycles. The molecule has 170 valence electrons. The Morgan fingerprint density at radius 2 is 1.88 bits per heavy atom. The van der Waals surface area contributed by atoms with Crippen molar-refractivity contribution in [1.29, 1.82) is 0 Å². The van der Waals surface area contributed by atoms with Crippen LogP contribution >= 0.6 is 0 Å². The van der Waals surface area contributed by atoms with Gasteiger partial charge >= 0.3 is 0 Å². The van der Waals surface area contributed by atoms with Crippen LogP contribution in [-0.2, 0) is 13.0 Å². The summed E-state index contributed by atoms with van der Waals surface area (Å²) in [5.41, 5.74) is 3.72. The van der Waals surface area contributed by atoms with Crippen LogP contribution in [0.4, 0.5) is 5.69 Å². The van der Waals surface area contributed by atoms with E-state index >= 15 is 0 Å². The van der Waals surface area contributed by atoms with Crippen molar-refractivity contribution >= 4 is 28.3 Å². The summed E-state index contributed by atoms with van der Waals surface area (Å²) >= 11 is 0. The van der Waals surface area contributed by atoms with Crippen LogP contribution in [0.5, 0.6) is 0 Å². The van der Waals surface area contributed by atoms with Gasteiger partial charge in [-0.1, -0.05) is 18.2 Å². The first-order valence-electron chi connectivity index (χ1n) is 11.6. The number of para-hydroxylation sites is 1. The zero-order valence-electron chi connectivity index (χ0n) is 18.5. The molecule has 0 amide bonds. The van der Waals surface area contributed by atoms with Gasteiger partial charge in [0, 0.05) is 48.2 Å². The molecule has 1 fully saturated rings. The number of aromatic nitrogens is 1. The minimum Gasteiger partial charge on any atom is -0.299 e. The zero-order valence-corrected chi connectivity index (χ0v) is 18.5. The topological polar surface area (TPSA) is 85.4 Å². The number of carbonyl (C=O) groups excluding carboxylic acids is 2. The van der Waals surface area contributed by atoms with Gasteiger partial charge in [-0.3, -0.25) is 29.2 Å². The zero-order chi connectivity index (χ0) is 22.9. The lowest BCUT2D eigenvalue weighted by atomic mass is 9.89. The number of aryl methyl sites for hydroxylation is 1. The second-order valence-corrected chi connectivity index (χ2v) is 9.22. The summed E-state index contributed by atoms with van der Waals surface area (Å²) in [6.45, 7) is 2.37. The van der Waals surface area contributed by atoms with Gasteiger partial charge < -0.3 is 0 Å². The maximum atomic E-state index is 12.9. The van der Waals surface area contributed by atoms with E-state index in [1.165, 1.54) is 0 Å². The van der Waals surface area contributed by atoms with E-state index in [4.69, 9.17) is 0 Å². The minimum atomic E-state index is -0.313. The average molecular weight is 446 g/mol. The first kappa shape index (κ1) is 21.5. The lowest BCUT2D eigenvalue weighted by Crippen LogP contribution is -2.33. The number of ketones is 1. The number of likely N-dealkylation sites (tertiary alicyclic amines) is 1. The summed E-state index contributed by atoms with van der Waals surface area (Å²) in [7, 11) is 0. The second-order valence-electron chi connectivity index (χ2n) is 9.22. The second kappa shape index (κ2) is 8.90. The van der Waals surface area contributed by atoms with Crippen molar-refractivity contribution in [1.82, 2.24) is 9.47 Å². The normalized spacial score (nSPS) is 16.9. The van der Waals surface area contributed by atoms with Gasteiger partial charge in [0.05, 0.1) is 10.4 Å². The van der Waals surface area contributed by atoms with Crippen LogP contribution in [0, 0.1) is 16.0 Å². The van der Waals surface area contributed by atoms with Crippen LogP contribution in [0.15, 0.2) is 48.7 Å². The van der Waals surface area contributed by atoms with E-state index < -0.39 is 0 Å². The number of benzene rings is 2. The van der Waals surface area contributed by atoms with E-state index in [9.17, 15) is 19.7 Å². The smallest absolute Gasteiger partial charge is 0.273 e. The standard InChI is InChI=1S/C26H27N3O4/c30-24(22-15-19-6-8-25(31)28-14-11-20(16-22)26(19)28)7-5-18-9-12-27(13-10-18)17-21-3-1-2-4-23(21)29(32)33/h1-4,11,14-16,18H,5-10,12-13,17H2. The Morgan fingerprint density at radius 3 is 2.67 bits per heavy atom. The highest BCUT2D eigenvalue weighted by molar-refractivity contribution is 6.03. The van der Waals surface area contributed by atoms with Crippen molar-refractivity contribution < 1.29 is 14.5 Å². The highest BCUT2D eigenvalue weighted by Crippen LogP contribution is 2.30. The number of carbonyl (C=O) groups is 2. The Balaban J connectivity index is 1.16. The van der Waals surface area contributed by atoms with Crippen molar-refractivity contribution in [2.24, 2.45) is 5.92 Å². The largest absolute Gasteiger partial charge is 0.299 e. The molecular formula is C26H27N3O4. The molecule has 0 bridgehead atoms. The highest BCUT2D eigenvalue weighted by atomic mass is 16.6. The molecule has 7 heteroatoms. The molecule has 1 aromatic heterocycles. The van der Waals surface area contributed by atoms with Crippen LogP contribution in [0.1, 0.15) is 58.4 Å². The SMILES string of the molecule is O=C(CCC1CCN(Cc2ccccc2[N+](=O)[O-])CC1)c1cc2c3c(ccn3C(=O)CC2)c1. The maximum absolute atomic E-state index is 12.9. The number of piperidine rings is 1. The van der Waals surface area contributed by atoms with Gasteiger partial charge in [-0.25, -0.2) is 0 Å². The van der Waals surface area contributed by atoms with Crippen LogP contribution in [-0.4, -0.2) is 39.2 Å².